The molecule has 0 aliphatic carbocycles. The number of fused-ring (bicyclic) bond motifs is 1. The van der Waals surface area contributed by atoms with Crippen LogP contribution < -0.4 is 11.1 Å². The fourth-order valence-corrected chi connectivity index (χ4v) is 5.36. The van der Waals surface area contributed by atoms with Gasteiger partial charge in [-0.1, -0.05) is 54.6 Å². The Kier molecular flexibility index (Phi) is 9.84. The predicted octanol–water partition coefficient (Wildman–Crippen LogP) is 2.67. The number of hydrogen-bond acceptors (Lipinski definition) is 6. The minimum atomic E-state index is -0.805. The van der Waals surface area contributed by atoms with Crippen LogP contribution in [0, 0.1) is 5.82 Å². The number of carbonyl (C=O) groups excluding carboxylic acids is 3. The molecule has 0 spiro atoms. The molecule has 212 valence electrons. The molecule has 8 nitrogen and oxygen atoms in total. The summed E-state index contributed by atoms with van der Waals surface area (Å²) in [6, 6.07) is 18.7. The number of halogens is 1. The summed E-state index contributed by atoms with van der Waals surface area (Å²) in [6.07, 6.45) is 1.21. The summed E-state index contributed by atoms with van der Waals surface area (Å²) in [4.78, 5) is 41.8. The van der Waals surface area contributed by atoms with Crippen molar-refractivity contribution in [3.63, 3.8) is 0 Å². The number of ether oxygens (including phenoxy) is 1. The Morgan fingerprint density at radius 2 is 1.70 bits per heavy atom. The molecule has 3 aromatic rings. The average molecular weight is 549 g/mol. The highest BCUT2D eigenvalue weighted by molar-refractivity contribution is 5.85. The number of hydrogen-bond donors (Lipinski definition) is 2. The number of rotatable bonds is 10. The molecule has 40 heavy (non-hydrogen) atoms. The number of amides is 2. The van der Waals surface area contributed by atoms with Gasteiger partial charge in [-0.05, 0) is 46.9 Å². The molecule has 1 heterocycles. The van der Waals surface area contributed by atoms with Crippen molar-refractivity contribution in [3.8, 4) is 0 Å². The summed E-state index contributed by atoms with van der Waals surface area (Å²) in [5, 5.41) is 5.05. The Labute approximate surface area is 234 Å². The minimum absolute atomic E-state index is 0.0975. The second-order valence-corrected chi connectivity index (χ2v) is 10.3. The molecule has 1 fully saturated rings. The van der Waals surface area contributed by atoms with Gasteiger partial charge in [0.05, 0.1) is 18.7 Å². The molecule has 3 atom stereocenters. The number of nitrogens with two attached hydrogens (primary N) is 1. The van der Waals surface area contributed by atoms with Crippen molar-refractivity contribution < 1.29 is 23.5 Å². The first kappa shape index (κ1) is 29.2. The van der Waals surface area contributed by atoms with Gasteiger partial charge in [0.15, 0.2) is 0 Å². The molecule has 4 rings (SSSR count). The standard InChI is InChI=1S/C31H37FN4O4/c1-21(37)40-16-13-27-20-35(14-15-36(27)31(39)28(33)18-22-8-11-26(32)12-9-22)29(30(38)34-2)19-23-7-10-24-5-3-4-6-25(24)17-23/h3-12,17,27-29H,13-16,18-20,33H2,1-2H3,(H,34,38). The van der Waals surface area contributed by atoms with Gasteiger partial charge in [0, 0.05) is 46.1 Å². The van der Waals surface area contributed by atoms with Crippen molar-refractivity contribution in [1.82, 2.24) is 15.1 Å². The molecule has 0 aromatic heterocycles. The summed E-state index contributed by atoms with van der Waals surface area (Å²) < 4.78 is 18.5. The second kappa shape index (κ2) is 13.5. The molecular formula is C31H37FN4O4. The molecule has 3 unspecified atom stereocenters. The van der Waals surface area contributed by atoms with E-state index in [0.29, 0.717) is 32.5 Å². The first-order chi connectivity index (χ1) is 19.2. The van der Waals surface area contributed by atoms with Crippen LogP contribution in [0.25, 0.3) is 10.8 Å². The number of nitrogens with one attached hydrogen (secondary N) is 1. The van der Waals surface area contributed by atoms with Gasteiger partial charge in [-0.3, -0.25) is 19.3 Å². The van der Waals surface area contributed by atoms with Crippen LogP contribution in [0.3, 0.4) is 0 Å². The topological polar surface area (TPSA) is 105 Å². The first-order valence-electron chi connectivity index (χ1n) is 13.6. The van der Waals surface area contributed by atoms with Crippen LogP contribution in [0.4, 0.5) is 4.39 Å². The number of carbonyl (C=O) groups is 3. The fourth-order valence-electron chi connectivity index (χ4n) is 5.36. The Morgan fingerprint density at radius 1 is 1.00 bits per heavy atom. The van der Waals surface area contributed by atoms with Gasteiger partial charge in [0.2, 0.25) is 11.8 Å². The van der Waals surface area contributed by atoms with Gasteiger partial charge in [0.25, 0.3) is 0 Å². The van der Waals surface area contributed by atoms with Gasteiger partial charge in [-0.2, -0.15) is 0 Å². The monoisotopic (exact) mass is 548 g/mol. The van der Waals surface area contributed by atoms with E-state index in [2.05, 4.69) is 34.5 Å². The van der Waals surface area contributed by atoms with Crippen molar-refractivity contribution >= 4 is 28.6 Å². The molecule has 1 aliphatic heterocycles. The van der Waals surface area contributed by atoms with Crippen LogP contribution in [0.5, 0.6) is 0 Å². The maximum atomic E-state index is 13.5. The molecule has 2 amide bonds. The number of likely N-dealkylation sites (N-methyl/N-ethyl adjacent to an activating group) is 1. The minimum Gasteiger partial charge on any atom is -0.466 e. The van der Waals surface area contributed by atoms with Gasteiger partial charge in [-0.15, -0.1) is 0 Å². The molecule has 3 N–H and O–H groups in total. The molecule has 1 saturated heterocycles. The summed E-state index contributed by atoms with van der Waals surface area (Å²) >= 11 is 0. The third kappa shape index (κ3) is 7.43. The van der Waals surface area contributed by atoms with E-state index in [1.807, 2.05) is 18.2 Å². The Morgan fingerprint density at radius 3 is 2.40 bits per heavy atom. The number of benzene rings is 3. The van der Waals surface area contributed by atoms with Crippen LogP contribution >= 0.6 is 0 Å². The smallest absolute Gasteiger partial charge is 0.302 e. The molecule has 0 saturated carbocycles. The van der Waals surface area contributed by atoms with Crippen LogP contribution in [-0.2, 0) is 32.0 Å². The van der Waals surface area contributed by atoms with E-state index in [0.717, 1.165) is 21.9 Å². The highest BCUT2D eigenvalue weighted by atomic mass is 19.1. The molecule has 0 bridgehead atoms. The maximum Gasteiger partial charge on any atom is 0.302 e. The van der Waals surface area contributed by atoms with E-state index >= 15 is 0 Å². The Balaban J connectivity index is 1.51. The summed E-state index contributed by atoms with van der Waals surface area (Å²) in [6.45, 7) is 2.80. The van der Waals surface area contributed by atoms with Gasteiger partial charge in [-0.25, -0.2) is 4.39 Å². The van der Waals surface area contributed by atoms with Gasteiger partial charge < -0.3 is 20.7 Å². The molecular weight excluding hydrogens is 511 g/mol. The Bertz CT molecular complexity index is 1330. The second-order valence-electron chi connectivity index (χ2n) is 10.3. The highest BCUT2D eigenvalue weighted by Gasteiger charge is 2.37. The predicted molar refractivity (Wildman–Crippen MR) is 152 cm³/mol. The van der Waals surface area contributed by atoms with Crippen LogP contribution in [-0.4, -0.2) is 79.0 Å². The number of esters is 1. The van der Waals surface area contributed by atoms with Gasteiger partial charge in [0.1, 0.15) is 5.82 Å². The van der Waals surface area contributed by atoms with Gasteiger partial charge >= 0.3 is 5.97 Å². The van der Waals surface area contributed by atoms with Crippen LogP contribution in [0.1, 0.15) is 24.5 Å². The average Bonchev–Trinajstić information content (AvgIpc) is 2.96. The summed E-state index contributed by atoms with van der Waals surface area (Å²) in [5.41, 5.74) is 8.14. The maximum absolute atomic E-state index is 13.5. The Hall–Kier alpha value is -3.82. The van der Waals surface area contributed by atoms with Crippen molar-refractivity contribution in [1.29, 1.82) is 0 Å². The van der Waals surface area contributed by atoms with E-state index in [1.165, 1.54) is 19.1 Å². The van der Waals surface area contributed by atoms with Crippen molar-refractivity contribution in [3.05, 3.63) is 83.7 Å². The normalized spacial score (nSPS) is 17.3. The lowest BCUT2D eigenvalue weighted by Gasteiger charge is -2.44. The van der Waals surface area contributed by atoms with Crippen molar-refractivity contribution in [2.24, 2.45) is 5.73 Å². The third-order valence-corrected chi connectivity index (χ3v) is 7.47. The zero-order valence-corrected chi connectivity index (χ0v) is 23.0. The lowest BCUT2D eigenvalue weighted by atomic mass is 9.97. The molecule has 3 aromatic carbocycles. The van der Waals surface area contributed by atoms with Crippen LogP contribution in [0.15, 0.2) is 66.7 Å². The number of nitrogens with zero attached hydrogens (tertiary/aromatic N) is 2. The van der Waals surface area contributed by atoms with E-state index in [-0.39, 0.29) is 36.7 Å². The van der Waals surface area contributed by atoms with E-state index < -0.39 is 18.1 Å². The molecule has 1 aliphatic rings. The molecule has 0 radical (unpaired) electrons. The molecule has 9 heteroatoms. The third-order valence-electron chi connectivity index (χ3n) is 7.47. The van der Waals surface area contributed by atoms with E-state index in [4.69, 9.17) is 10.5 Å². The number of piperazine rings is 1. The SMILES string of the molecule is CNC(=O)C(Cc1ccc2ccccc2c1)N1CCN(C(=O)C(N)Cc2ccc(F)cc2)C(CCOC(C)=O)C1. The van der Waals surface area contributed by atoms with E-state index in [9.17, 15) is 18.8 Å². The summed E-state index contributed by atoms with van der Waals surface area (Å²) in [5.74, 6) is -1.06. The zero-order chi connectivity index (χ0) is 28.6. The fraction of sp³-hybridized carbons (Fsp3) is 0.387. The van der Waals surface area contributed by atoms with E-state index in [1.54, 1.807) is 24.1 Å². The largest absolute Gasteiger partial charge is 0.466 e. The first-order valence-corrected chi connectivity index (χ1v) is 13.6. The lowest BCUT2D eigenvalue weighted by molar-refractivity contribution is -0.143. The van der Waals surface area contributed by atoms with Crippen molar-refractivity contribution in [2.45, 2.75) is 44.3 Å². The quantitative estimate of drug-likeness (QED) is 0.378. The van der Waals surface area contributed by atoms with Crippen LogP contribution in [0.2, 0.25) is 0 Å². The highest BCUT2D eigenvalue weighted by Crippen LogP contribution is 2.22. The summed E-state index contributed by atoms with van der Waals surface area (Å²) in [7, 11) is 1.63. The zero-order valence-electron chi connectivity index (χ0n) is 23.0. The lowest BCUT2D eigenvalue weighted by Crippen LogP contribution is -2.62. The van der Waals surface area contributed by atoms with Crippen molar-refractivity contribution in [2.75, 3.05) is 33.3 Å².